The summed E-state index contributed by atoms with van der Waals surface area (Å²) in [4.78, 5) is 32.1. The summed E-state index contributed by atoms with van der Waals surface area (Å²) >= 11 is 9.00. The Labute approximate surface area is 187 Å². The molecule has 1 atom stereocenters. The molecule has 1 aromatic carbocycles. The number of nitrogens with one attached hydrogen (secondary N) is 1. The van der Waals surface area contributed by atoms with Crippen molar-refractivity contribution in [1.82, 2.24) is 14.5 Å². The molecule has 30 heavy (non-hydrogen) atoms. The quantitative estimate of drug-likeness (QED) is 0.625. The number of thioether (sulfide) groups is 1. The topological polar surface area (TPSA) is 67.2 Å². The number of benzene rings is 1. The van der Waals surface area contributed by atoms with E-state index in [-0.39, 0.29) is 17.5 Å². The minimum Gasteiger partial charge on any atom is -0.322 e. The van der Waals surface area contributed by atoms with Crippen LogP contribution in [0.15, 0.2) is 39.6 Å². The second-order valence-corrected chi connectivity index (χ2v) is 10.3. The third-order valence-electron chi connectivity index (χ3n) is 5.69. The summed E-state index contributed by atoms with van der Waals surface area (Å²) in [6, 6.07) is 8.00. The first-order chi connectivity index (χ1) is 14.6. The van der Waals surface area contributed by atoms with Gasteiger partial charge in [-0.15, -0.1) is 23.1 Å². The van der Waals surface area contributed by atoms with Gasteiger partial charge in [0.15, 0.2) is 0 Å². The van der Waals surface area contributed by atoms with Gasteiger partial charge in [0.1, 0.15) is 10.2 Å². The highest BCUT2D eigenvalue weighted by atomic mass is 35.5. The van der Waals surface area contributed by atoms with E-state index in [1.165, 1.54) is 42.4 Å². The Morgan fingerprint density at radius 3 is 2.67 bits per heavy atom. The molecule has 5 rings (SSSR count). The van der Waals surface area contributed by atoms with Crippen LogP contribution in [0.25, 0.3) is 10.2 Å². The average Bonchev–Trinajstić information content (AvgIpc) is 3.13. The monoisotopic (exact) mass is 460 g/mol. The van der Waals surface area contributed by atoms with Crippen LogP contribution in [-0.4, -0.2) is 39.2 Å². The van der Waals surface area contributed by atoms with Crippen molar-refractivity contribution in [2.24, 2.45) is 0 Å². The fourth-order valence-corrected chi connectivity index (χ4v) is 6.47. The highest BCUT2D eigenvalue weighted by molar-refractivity contribution is 8.02. The molecule has 1 saturated heterocycles. The molecule has 6 nitrogen and oxygen atoms in total. The summed E-state index contributed by atoms with van der Waals surface area (Å²) < 4.78 is 3.27. The summed E-state index contributed by atoms with van der Waals surface area (Å²) in [5.74, 6) is 0.327. The smallest absolute Gasteiger partial charge is 0.271 e. The highest BCUT2D eigenvalue weighted by Crippen LogP contribution is 2.42. The van der Waals surface area contributed by atoms with Gasteiger partial charge in [0, 0.05) is 11.6 Å². The fourth-order valence-electron chi connectivity index (χ4n) is 4.16. The van der Waals surface area contributed by atoms with Gasteiger partial charge >= 0.3 is 0 Å². The number of hydrogen-bond acceptors (Lipinski definition) is 6. The van der Waals surface area contributed by atoms with Crippen molar-refractivity contribution >= 4 is 56.5 Å². The Balaban J connectivity index is 1.52. The van der Waals surface area contributed by atoms with Crippen LogP contribution in [0.1, 0.15) is 30.9 Å². The van der Waals surface area contributed by atoms with Crippen molar-refractivity contribution in [3.8, 4) is 0 Å². The van der Waals surface area contributed by atoms with Crippen LogP contribution in [0.2, 0.25) is 5.02 Å². The van der Waals surface area contributed by atoms with Gasteiger partial charge in [0.05, 0.1) is 28.0 Å². The predicted molar refractivity (Wildman–Crippen MR) is 123 cm³/mol. The maximum absolute atomic E-state index is 13.3. The molecule has 0 radical (unpaired) electrons. The van der Waals surface area contributed by atoms with Gasteiger partial charge in [0.25, 0.3) is 5.56 Å². The summed E-state index contributed by atoms with van der Waals surface area (Å²) in [5.41, 5.74) is 2.38. The van der Waals surface area contributed by atoms with E-state index in [9.17, 15) is 9.59 Å². The van der Waals surface area contributed by atoms with Gasteiger partial charge in [-0.2, -0.15) is 0 Å². The molecule has 2 aliphatic rings. The van der Waals surface area contributed by atoms with Gasteiger partial charge in [-0.05, 0) is 43.6 Å². The molecule has 9 heteroatoms. The predicted octanol–water partition coefficient (Wildman–Crippen LogP) is 4.38. The Morgan fingerprint density at radius 1 is 1.13 bits per heavy atom. The zero-order chi connectivity index (χ0) is 20.7. The second kappa shape index (κ2) is 8.34. The SMILES string of the molecule is O=C1CSc2sc3c(=O)n(C[C@@H](c4ccc(Cl)cc4)N4CCCCC4)cnc3c2N1. The van der Waals surface area contributed by atoms with Crippen molar-refractivity contribution in [3.63, 3.8) is 0 Å². The van der Waals surface area contributed by atoms with Crippen molar-refractivity contribution in [2.45, 2.75) is 36.1 Å². The lowest BCUT2D eigenvalue weighted by molar-refractivity contribution is -0.113. The van der Waals surface area contributed by atoms with Crippen LogP contribution in [0, 0.1) is 0 Å². The number of amides is 1. The molecule has 2 aliphatic heterocycles. The summed E-state index contributed by atoms with van der Waals surface area (Å²) in [6.45, 7) is 2.58. The zero-order valence-corrected chi connectivity index (χ0v) is 18.7. The van der Waals surface area contributed by atoms with Crippen LogP contribution in [0.4, 0.5) is 5.69 Å². The number of rotatable bonds is 4. The second-order valence-electron chi connectivity index (χ2n) is 7.65. The Morgan fingerprint density at radius 2 is 1.90 bits per heavy atom. The van der Waals surface area contributed by atoms with Crippen molar-refractivity contribution < 1.29 is 4.79 Å². The fraction of sp³-hybridized carbons (Fsp3) is 0.381. The van der Waals surface area contributed by atoms with E-state index in [0.717, 1.165) is 22.9 Å². The molecule has 2 aromatic heterocycles. The van der Waals surface area contributed by atoms with E-state index in [2.05, 4.69) is 27.3 Å². The number of piperidine rings is 1. The molecule has 1 amide bonds. The first kappa shape index (κ1) is 20.1. The van der Waals surface area contributed by atoms with E-state index in [1.807, 2.05) is 12.1 Å². The molecule has 1 fully saturated rings. The van der Waals surface area contributed by atoms with Gasteiger partial charge in [-0.3, -0.25) is 19.1 Å². The standard InChI is InChI=1S/C21H21ClN4O2S2/c22-14-6-4-13(5-7-14)15(25-8-2-1-3-9-25)10-26-12-23-17-18-21(29-11-16(27)24-18)30-19(17)20(26)28/h4-7,12,15H,1-3,8-11H2,(H,24,27)/t15-/m0/s1. The van der Waals surface area contributed by atoms with Gasteiger partial charge in [-0.25, -0.2) is 4.98 Å². The maximum atomic E-state index is 13.3. The molecule has 3 aromatic rings. The molecule has 0 unspecified atom stereocenters. The van der Waals surface area contributed by atoms with Crippen molar-refractivity contribution in [3.05, 3.63) is 51.5 Å². The summed E-state index contributed by atoms with van der Waals surface area (Å²) in [6.07, 6.45) is 5.22. The Bertz CT molecular complexity index is 1150. The van der Waals surface area contributed by atoms with E-state index >= 15 is 0 Å². The molecule has 4 heterocycles. The first-order valence-corrected chi connectivity index (χ1v) is 12.2. The van der Waals surface area contributed by atoms with Gasteiger partial charge < -0.3 is 5.32 Å². The lowest BCUT2D eigenvalue weighted by Crippen LogP contribution is -2.37. The molecule has 156 valence electrons. The summed E-state index contributed by atoms with van der Waals surface area (Å²) in [5, 5.41) is 3.58. The van der Waals surface area contributed by atoms with E-state index in [0.29, 0.717) is 33.2 Å². The van der Waals surface area contributed by atoms with E-state index in [4.69, 9.17) is 11.6 Å². The molecule has 0 bridgehead atoms. The van der Waals surface area contributed by atoms with Crippen LogP contribution >= 0.6 is 34.7 Å². The molecular formula is C21H21ClN4O2S2. The first-order valence-electron chi connectivity index (χ1n) is 10.0. The summed E-state index contributed by atoms with van der Waals surface area (Å²) in [7, 11) is 0. The van der Waals surface area contributed by atoms with Gasteiger partial charge in [-0.1, -0.05) is 30.2 Å². The normalized spacial score (nSPS) is 18.2. The van der Waals surface area contributed by atoms with Crippen LogP contribution < -0.4 is 10.9 Å². The number of halogens is 1. The third kappa shape index (κ3) is 3.77. The lowest BCUT2D eigenvalue weighted by Gasteiger charge is -2.35. The molecule has 0 spiro atoms. The number of nitrogens with zero attached hydrogens (tertiary/aromatic N) is 3. The van der Waals surface area contributed by atoms with Crippen LogP contribution in [0.3, 0.4) is 0 Å². The van der Waals surface area contributed by atoms with Crippen molar-refractivity contribution in [1.29, 1.82) is 0 Å². The average molecular weight is 461 g/mol. The number of thiophene rings is 1. The van der Waals surface area contributed by atoms with Crippen molar-refractivity contribution in [2.75, 3.05) is 24.2 Å². The minimum atomic E-state index is -0.0507. The number of fused-ring (bicyclic) bond motifs is 3. The Kier molecular flexibility index (Phi) is 5.58. The maximum Gasteiger partial charge on any atom is 0.271 e. The molecule has 1 N–H and O–H groups in total. The number of likely N-dealkylation sites (tertiary alicyclic amines) is 1. The Hall–Kier alpha value is -1.87. The molecule has 0 aliphatic carbocycles. The molecular weight excluding hydrogens is 440 g/mol. The lowest BCUT2D eigenvalue weighted by atomic mass is 10.0. The molecule has 0 saturated carbocycles. The highest BCUT2D eigenvalue weighted by Gasteiger charge is 2.26. The minimum absolute atomic E-state index is 0.0499. The zero-order valence-electron chi connectivity index (χ0n) is 16.3. The largest absolute Gasteiger partial charge is 0.322 e. The number of anilines is 1. The number of aromatic nitrogens is 2. The third-order valence-corrected chi connectivity index (χ3v) is 8.38. The van der Waals surface area contributed by atoms with Crippen LogP contribution in [0.5, 0.6) is 0 Å². The van der Waals surface area contributed by atoms with Crippen LogP contribution in [-0.2, 0) is 11.3 Å². The number of carbonyl (C=O) groups excluding carboxylic acids is 1. The van der Waals surface area contributed by atoms with E-state index < -0.39 is 0 Å². The number of carbonyl (C=O) groups is 1. The van der Waals surface area contributed by atoms with Gasteiger partial charge in [0.2, 0.25) is 5.91 Å². The van der Waals surface area contributed by atoms with E-state index in [1.54, 1.807) is 10.9 Å². The number of hydrogen-bond donors (Lipinski definition) is 1.